The summed E-state index contributed by atoms with van der Waals surface area (Å²) in [5.41, 5.74) is 6.03. The average Bonchev–Trinajstić information content (AvgIpc) is 1.83. The van der Waals surface area contributed by atoms with Gasteiger partial charge in [0, 0.05) is 0 Å². The van der Waals surface area contributed by atoms with Crippen LogP contribution in [0.3, 0.4) is 0 Å². The molecule has 0 unspecified atom stereocenters. The minimum Gasteiger partial charge on any atom is -0.295 e. The Labute approximate surface area is 51.1 Å². The monoisotopic (exact) mass is 128 g/mol. The summed E-state index contributed by atoms with van der Waals surface area (Å²) in [7, 11) is 0. The molecule has 3 heteroatoms. The topological polar surface area (TPSA) is 23.8 Å². The lowest BCUT2D eigenvalue weighted by atomic mass is 10.3. The number of rotatable bonds is 0. The predicted molar refractivity (Wildman–Crippen MR) is 29.1 cm³/mol. The van der Waals surface area contributed by atoms with E-state index in [9.17, 15) is 8.78 Å². The highest BCUT2D eigenvalue weighted by atomic mass is 19.1. The van der Waals surface area contributed by atoms with Crippen LogP contribution >= 0.6 is 0 Å². The van der Waals surface area contributed by atoms with E-state index < -0.39 is 17.3 Å². The molecule has 1 rings (SSSR count). The van der Waals surface area contributed by atoms with Crippen molar-refractivity contribution in [1.29, 1.82) is 0 Å². The quantitative estimate of drug-likeness (QED) is 0.509. The van der Waals surface area contributed by atoms with Crippen LogP contribution in [0.1, 0.15) is 0 Å². The van der Waals surface area contributed by atoms with Gasteiger partial charge < -0.3 is 0 Å². The summed E-state index contributed by atoms with van der Waals surface area (Å²) in [6.45, 7) is 0. The largest absolute Gasteiger partial charge is 0.295 e. The third-order valence-corrected chi connectivity index (χ3v) is 0.963. The van der Waals surface area contributed by atoms with E-state index in [1.165, 1.54) is 6.07 Å². The molecule has 0 amide bonds. The molecule has 1 aromatic carbocycles. The van der Waals surface area contributed by atoms with Gasteiger partial charge in [0.15, 0.2) is 11.6 Å². The molecular formula is C6H4F2N. The Morgan fingerprint density at radius 1 is 1.11 bits per heavy atom. The molecule has 0 fully saturated rings. The lowest BCUT2D eigenvalue weighted by molar-refractivity contribution is 0.585. The van der Waals surface area contributed by atoms with Gasteiger partial charge in [-0.2, -0.15) is 0 Å². The van der Waals surface area contributed by atoms with Crippen LogP contribution in [0.4, 0.5) is 14.5 Å². The van der Waals surface area contributed by atoms with E-state index in [4.69, 9.17) is 5.73 Å². The van der Waals surface area contributed by atoms with Crippen molar-refractivity contribution in [2.45, 2.75) is 0 Å². The third-order valence-electron chi connectivity index (χ3n) is 0.963. The second kappa shape index (κ2) is 2.01. The second-order valence-electron chi connectivity index (χ2n) is 1.60. The summed E-state index contributed by atoms with van der Waals surface area (Å²) in [5.74, 6) is -1.65. The molecule has 47 valence electrons. The Balaban J connectivity index is 3.25. The fourth-order valence-electron chi connectivity index (χ4n) is 0.498. The highest BCUT2D eigenvalue weighted by molar-refractivity contribution is 5.36. The highest BCUT2D eigenvalue weighted by Crippen LogP contribution is 2.14. The van der Waals surface area contributed by atoms with Gasteiger partial charge in [-0.1, -0.05) is 6.07 Å². The zero-order valence-corrected chi connectivity index (χ0v) is 4.49. The predicted octanol–water partition coefficient (Wildman–Crippen LogP) is 1.88. The lowest BCUT2D eigenvalue weighted by Gasteiger charge is -1.92. The van der Waals surface area contributed by atoms with Gasteiger partial charge in [0.25, 0.3) is 0 Å². The molecule has 1 aromatic rings. The van der Waals surface area contributed by atoms with Crippen molar-refractivity contribution in [2.24, 2.45) is 0 Å². The van der Waals surface area contributed by atoms with Crippen LogP contribution < -0.4 is 5.73 Å². The van der Waals surface area contributed by atoms with Gasteiger partial charge in [0.05, 0.1) is 0 Å². The molecule has 9 heavy (non-hydrogen) atoms. The smallest absolute Gasteiger partial charge is 0.151 e. The molecule has 0 saturated carbocycles. The van der Waals surface area contributed by atoms with Crippen molar-refractivity contribution in [3.8, 4) is 0 Å². The summed E-state index contributed by atoms with van der Waals surface area (Å²) < 4.78 is 24.3. The van der Waals surface area contributed by atoms with Crippen LogP contribution in [0.15, 0.2) is 18.2 Å². The first-order chi connectivity index (χ1) is 4.22. The summed E-state index contributed by atoms with van der Waals surface area (Å²) in [6, 6.07) is 3.32. The van der Waals surface area contributed by atoms with E-state index in [-0.39, 0.29) is 0 Å². The molecule has 1 radical (unpaired) electrons. The second-order valence-corrected chi connectivity index (χ2v) is 1.60. The maximum Gasteiger partial charge on any atom is 0.151 e. The first-order valence-electron chi connectivity index (χ1n) is 2.37. The van der Waals surface area contributed by atoms with Crippen molar-refractivity contribution in [2.75, 3.05) is 0 Å². The molecule has 0 saturated heterocycles. The van der Waals surface area contributed by atoms with Gasteiger partial charge >= 0.3 is 0 Å². The molecule has 0 aliphatic carbocycles. The molecule has 0 aliphatic rings. The Bertz CT molecular complexity index is 202. The van der Waals surface area contributed by atoms with Gasteiger partial charge in [-0.05, 0) is 12.1 Å². The van der Waals surface area contributed by atoms with E-state index in [0.717, 1.165) is 12.1 Å². The van der Waals surface area contributed by atoms with E-state index >= 15 is 0 Å². The van der Waals surface area contributed by atoms with Gasteiger partial charge in [-0.15, -0.1) is 0 Å². The minimum atomic E-state index is -0.824. The van der Waals surface area contributed by atoms with Crippen LogP contribution in [0.2, 0.25) is 0 Å². The Hall–Kier alpha value is -1.12. The fourth-order valence-corrected chi connectivity index (χ4v) is 0.498. The average molecular weight is 128 g/mol. The van der Waals surface area contributed by atoms with Crippen molar-refractivity contribution in [3.63, 3.8) is 0 Å². The first kappa shape index (κ1) is 6.01. The van der Waals surface area contributed by atoms with Crippen LogP contribution in [-0.2, 0) is 0 Å². The number of benzene rings is 1. The van der Waals surface area contributed by atoms with Crippen molar-refractivity contribution < 1.29 is 8.78 Å². The molecule has 1 nitrogen and oxygen atoms in total. The van der Waals surface area contributed by atoms with Crippen LogP contribution in [0, 0.1) is 11.6 Å². The molecular weight excluding hydrogens is 124 g/mol. The van der Waals surface area contributed by atoms with Crippen LogP contribution in [0.25, 0.3) is 0 Å². The van der Waals surface area contributed by atoms with Crippen molar-refractivity contribution >= 4 is 5.69 Å². The number of nitrogens with one attached hydrogen (secondary N) is 1. The fraction of sp³-hybridized carbons (Fsp3) is 0. The molecule has 1 N–H and O–H groups in total. The van der Waals surface area contributed by atoms with Gasteiger partial charge in [0.2, 0.25) is 0 Å². The van der Waals surface area contributed by atoms with Crippen molar-refractivity contribution in [1.82, 2.24) is 5.73 Å². The highest BCUT2D eigenvalue weighted by Gasteiger charge is 2.01. The van der Waals surface area contributed by atoms with E-state index in [1.807, 2.05) is 0 Å². The SMILES string of the molecule is [NH]c1c(F)cccc1F. The maximum atomic E-state index is 12.2. The molecule has 0 heterocycles. The Morgan fingerprint density at radius 3 is 1.89 bits per heavy atom. The number of hydrogen-bond acceptors (Lipinski definition) is 0. The van der Waals surface area contributed by atoms with Gasteiger partial charge in [-0.3, -0.25) is 5.73 Å². The standard InChI is InChI=1S/C6H4F2N/c7-4-2-1-3-5(8)6(4)9/h1-3,9H. The summed E-state index contributed by atoms with van der Waals surface area (Å²) >= 11 is 0. The minimum absolute atomic E-state index is 0.669. The molecule has 0 aromatic heterocycles. The zero-order valence-electron chi connectivity index (χ0n) is 4.49. The molecule has 0 spiro atoms. The number of halogens is 2. The Kier molecular flexibility index (Phi) is 1.34. The van der Waals surface area contributed by atoms with Gasteiger partial charge in [-0.25, -0.2) is 8.78 Å². The first-order valence-corrected chi connectivity index (χ1v) is 2.37. The zero-order chi connectivity index (χ0) is 6.85. The maximum absolute atomic E-state index is 12.2. The summed E-state index contributed by atoms with van der Waals surface area (Å²) in [6.07, 6.45) is 0. The lowest BCUT2D eigenvalue weighted by Crippen LogP contribution is -1.82. The normalized spacial score (nSPS) is 9.56. The van der Waals surface area contributed by atoms with Crippen LogP contribution in [-0.4, -0.2) is 0 Å². The summed E-state index contributed by atoms with van der Waals surface area (Å²) in [5, 5.41) is 0. The van der Waals surface area contributed by atoms with Crippen LogP contribution in [0.5, 0.6) is 0 Å². The molecule has 0 aliphatic heterocycles. The van der Waals surface area contributed by atoms with E-state index in [0.29, 0.717) is 0 Å². The summed E-state index contributed by atoms with van der Waals surface area (Å²) in [4.78, 5) is 0. The van der Waals surface area contributed by atoms with Gasteiger partial charge in [0.1, 0.15) is 5.69 Å². The van der Waals surface area contributed by atoms with Crippen molar-refractivity contribution in [3.05, 3.63) is 29.8 Å². The Morgan fingerprint density at radius 2 is 1.56 bits per heavy atom. The van der Waals surface area contributed by atoms with E-state index in [1.54, 1.807) is 0 Å². The van der Waals surface area contributed by atoms with E-state index in [2.05, 4.69) is 0 Å². The third kappa shape index (κ3) is 0.988. The number of hydrogen-bond donors (Lipinski definition) is 0. The molecule has 0 bridgehead atoms. The molecule has 0 atom stereocenters.